The van der Waals surface area contributed by atoms with Crippen molar-refractivity contribution in [3.8, 4) is 0 Å². The van der Waals surface area contributed by atoms with Gasteiger partial charge in [-0.2, -0.15) is 4.72 Å². The third-order valence-corrected chi connectivity index (χ3v) is 4.47. The summed E-state index contributed by atoms with van der Waals surface area (Å²) in [7, 11) is -3.88. The van der Waals surface area contributed by atoms with Gasteiger partial charge in [-0.05, 0) is 48.7 Å². The number of benzene rings is 1. The van der Waals surface area contributed by atoms with E-state index in [1.807, 2.05) is 6.92 Å². The zero-order chi connectivity index (χ0) is 15.3. The van der Waals surface area contributed by atoms with Crippen molar-refractivity contribution in [3.63, 3.8) is 0 Å². The van der Waals surface area contributed by atoms with Crippen LogP contribution >= 0.6 is 23.2 Å². The molecule has 0 heterocycles. The Balaban J connectivity index is 2.88. The zero-order valence-corrected chi connectivity index (χ0v) is 12.9. The van der Waals surface area contributed by atoms with Gasteiger partial charge in [0, 0.05) is 6.42 Å². The molecule has 8 heteroatoms. The molecular formula is C12H13Cl2NO4S. The normalized spacial score (nSPS) is 12.9. The number of sulfonamides is 1. The molecule has 0 aromatic heterocycles. The van der Waals surface area contributed by atoms with E-state index in [1.54, 1.807) is 12.1 Å². The maximum absolute atomic E-state index is 12.1. The summed E-state index contributed by atoms with van der Waals surface area (Å²) >= 11 is 10.5. The summed E-state index contributed by atoms with van der Waals surface area (Å²) < 4.78 is 26.3. The Morgan fingerprint density at radius 2 is 1.75 bits per heavy atom. The average Bonchev–Trinajstić information content (AvgIpc) is 2.34. The molecule has 1 unspecified atom stereocenters. The van der Waals surface area contributed by atoms with Crippen LogP contribution in [0.25, 0.3) is 0 Å². The fraction of sp³-hybridized carbons (Fsp3) is 0.333. The molecule has 0 spiro atoms. The fourth-order valence-electron chi connectivity index (χ4n) is 1.45. The van der Waals surface area contributed by atoms with E-state index in [-0.39, 0.29) is 17.7 Å². The van der Waals surface area contributed by atoms with Crippen molar-refractivity contribution in [1.82, 2.24) is 4.72 Å². The number of carbonyl (C=O) groups excluding carboxylic acids is 2. The highest BCUT2D eigenvalue weighted by Gasteiger charge is 2.24. The molecule has 0 saturated heterocycles. The van der Waals surface area contributed by atoms with Gasteiger partial charge >= 0.3 is 0 Å². The van der Waals surface area contributed by atoms with E-state index in [0.717, 1.165) is 5.56 Å². The lowest BCUT2D eigenvalue weighted by Gasteiger charge is -2.14. The maximum atomic E-state index is 12.1. The molecule has 0 bridgehead atoms. The van der Waals surface area contributed by atoms with Crippen LogP contribution in [-0.2, 0) is 19.6 Å². The summed E-state index contributed by atoms with van der Waals surface area (Å²) in [5.74, 6) is 0. The Labute approximate surface area is 127 Å². The number of hydrogen-bond donors (Lipinski definition) is 1. The van der Waals surface area contributed by atoms with Gasteiger partial charge in [-0.25, -0.2) is 8.42 Å². The number of rotatable bonds is 7. The predicted octanol–water partition coefficient (Wildman–Crippen LogP) is 1.95. The first-order valence-electron chi connectivity index (χ1n) is 5.69. The highest BCUT2D eigenvalue weighted by Crippen LogP contribution is 2.13. The van der Waals surface area contributed by atoms with Crippen LogP contribution in [0, 0.1) is 6.92 Å². The van der Waals surface area contributed by atoms with E-state index in [0.29, 0.717) is 0 Å². The Morgan fingerprint density at radius 3 is 2.20 bits per heavy atom. The molecule has 0 aliphatic rings. The van der Waals surface area contributed by atoms with E-state index in [9.17, 15) is 18.0 Å². The van der Waals surface area contributed by atoms with Crippen molar-refractivity contribution in [1.29, 1.82) is 0 Å². The topological polar surface area (TPSA) is 80.3 Å². The molecule has 0 radical (unpaired) electrons. The molecule has 1 aromatic rings. The highest BCUT2D eigenvalue weighted by atomic mass is 35.5. The maximum Gasteiger partial charge on any atom is 0.241 e. The second-order valence-electron chi connectivity index (χ2n) is 4.18. The third kappa shape index (κ3) is 5.20. The van der Waals surface area contributed by atoms with Crippen molar-refractivity contribution in [3.05, 3.63) is 29.8 Å². The van der Waals surface area contributed by atoms with Crippen LogP contribution in [-0.4, -0.2) is 24.9 Å². The van der Waals surface area contributed by atoms with Crippen LogP contribution in [0.5, 0.6) is 0 Å². The van der Waals surface area contributed by atoms with Crippen LogP contribution in [0.15, 0.2) is 29.2 Å². The molecule has 1 aromatic carbocycles. The number of halogens is 2. The van der Waals surface area contributed by atoms with E-state index in [2.05, 4.69) is 4.72 Å². The van der Waals surface area contributed by atoms with E-state index in [4.69, 9.17) is 23.2 Å². The molecule has 1 N–H and O–H groups in total. The van der Waals surface area contributed by atoms with Gasteiger partial charge in [-0.3, -0.25) is 9.59 Å². The largest absolute Gasteiger partial charge is 0.281 e. The molecule has 0 fully saturated rings. The van der Waals surface area contributed by atoms with E-state index in [1.165, 1.54) is 12.1 Å². The second kappa shape index (κ2) is 7.17. The summed E-state index contributed by atoms with van der Waals surface area (Å²) in [5, 5.41) is -1.55. The average molecular weight is 338 g/mol. The molecule has 110 valence electrons. The molecular weight excluding hydrogens is 325 g/mol. The minimum absolute atomic E-state index is 0.0169. The zero-order valence-electron chi connectivity index (χ0n) is 10.6. The van der Waals surface area contributed by atoms with Crippen molar-refractivity contribution in [2.24, 2.45) is 0 Å². The van der Waals surface area contributed by atoms with Crippen LogP contribution in [0.2, 0.25) is 0 Å². The molecule has 0 amide bonds. The Bertz CT molecular complexity index is 598. The Morgan fingerprint density at radius 1 is 1.20 bits per heavy atom. The first-order chi connectivity index (χ1) is 9.22. The summed E-state index contributed by atoms with van der Waals surface area (Å²) in [6, 6.07) is 4.91. The minimum atomic E-state index is -3.88. The van der Waals surface area contributed by atoms with Gasteiger partial charge in [-0.15, -0.1) is 0 Å². The van der Waals surface area contributed by atoms with Crippen LogP contribution in [0.3, 0.4) is 0 Å². The van der Waals surface area contributed by atoms with Gasteiger partial charge < -0.3 is 0 Å². The number of carbonyl (C=O) groups is 2. The Hall–Kier alpha value is -0.950. The van der Waals surface area contributed by atoms with E-state index >= 15 is 0 Å². The summed E-state index contributed by atoms with van der Waals surface area (Å²) in [4.78, 5) is 21.9. The summed E-state index contributed by atoms with van der Waals surface area (Å²) in [6.45, 7) is 1.82. The van der Waals surface area contributed by atoms with E-state index < -0.39 is 26.5 Å². The van der Waals surface area contributed by atoms with Crippen molar-refractivity contribution >= 4 is 43.7 Å². The Kier molecular flexibility index (Phi) is 6.13. The first kappa shape index (κ1) is 17.1. The van der Waals surface area contributed by atoms with Gasteiger partial charge in [0.05, 0.1) is 10.9 Å². The monoisotopic (exact) mass is 337 g/mol. The standard InChI is InChI=1S/C12H13Cl2NO4S/c1-8-2-4-9(5-3-8)20(18,19)15-10(12(14)17)6-7-11(13)16/h2-5,10,15H,6-7H2,1H3. The van der Waals surface area contributed by atoms with Crippen LogP contribution in [0.4, 0.5) is 0 Å². The lowest BCUT2D eigenvalue weighted by Crippen LogP contribution is -2.39. The van der Waals surface area contributed by atoms with Crippen molar-refractivity contribution in [2.75, 3.05) is 0 Å². The van der Waals surface area contributed by atoms with Gasteiger partial charge in [0.25, 0.3) is 0 Å². The van der Waals surface area contributed by atoms with Crippen molar-refractivity contribution in [2.45, 2.75) is 30.7 Å². The molecule has 0 aliphatic carbocycles. The number of nitrogens with one attached hydrogen (secondary N) is 1. The quantitative estimate of drug-likeness (QED) is 0.771. The number of aryl methyl sites for hydroxylation is 1. The summed E-state index contributed by atoms with van der Waals surface area (Å²) in [6.07, 6.45) is -0.239. The molecule has 20 heavy (non-hydrogen) atoms. The van der Waals surface area contributed by atoms with Gasteiger partial charge in [0.15, 0.2) is 0 Å². The fourth-order valence-corrected chi connectivity index (χ4v) is 3.02. The van der Waals surface area contributed by atoms with Crippen LogP contribution in [0.1, 0.15) is 18.4 Å². The molecule has 1 atom stereocenters. The predicted molar refractivity (Wildman–Crippen MR) is 76.2 cm³/mol. The SMILES string of the molecule is Cc1ccc(S(=O)(=O)NC(CCC(=O)Cl)C(=O)Cl)cc1. The smallest absolute Gasteiger partial charge is 0.241 e. The molecule has 5 nitrogen and oxygen atoms in total. The molecule has 1 rings (SSSR count). The second-order valence-corrected chi connectivity index (χ2v) is 6.69. The molecule has 0 saturated carbocycles. The summed E-state index contributed by atoms with van der Waals surface area (Å²) in [5.41, 5.74) is 0.904. The third-order valence-electron chi connectivity index (χ3n) is 2.53. The van der Waals surface area contributed by atoms with Gasteiger partial charge in [0.2, 0.25) is 20.5 Å². The lowest BCUT2D eigenvalue weighted by atomic mass is 10.2. The van der Waals surface area contributed by atoms with Gasteiger partial charge in [-0.1, -0.05) is 17.7 Å². The highest BCUT2D eigenvalue weighted by molar-refractivity contribution is 7.89. The van der Waals surface area contributed by atoms with Crippen molar-refractivity contribution < 1.29 is 18.0 Å². The number of hydrogen-bond acceptors (Lipinski definition) is 4. The lowest BCUT2D eigenvalue weighted by molar-refractivity contribution is -0.114. The minimum Gasteiger partial charge on any atom is -0.281 e. The van der Waals surface area contributed by atoms with Gasteiger partial charge in [0.1, 0.15) is 0 Å². The molecule has 0 aliphatic heterocycles. The first-order valence-corrected chi connectivity index (χ1v) is 7.93. The van der Waals surface area contributed by atoms with Crippen LogP contribution < -0.4 is 4.72 Å².